The molecule has 0 spiro atoms. The predicted molar refractivity (Wildman–Crippen MR) is 88.7 cm³/mol. The first-order valence-corrected chi connectivity index (χ1v) is 8.81. The van der Waals surface area contributed by atoms with Crippen molar-refractivity contribution in [3.63, 3.8) is 0 Å². The van der Waals surface area contributed by atoms with Gasteiger partial charge in [0, 0.05) is 17.3 Å². The fourth-order valence-electron chi connectivity index (χ4n) is 3.02. The number of hydrogen-bond donors (Lipinski definition) is 2. The van der Waals surface area contributed by atoms with Crippen LogP contribution in [0.5, 0.6) is 0 Å². The van der Waals surface area contributed by atoms with E-state index < -0.39 is 29.5 Å². The molecule has 0 aliphatic carbocycles. The van der Waals surface area contributed by atoms with Crippen molar-refractivity contribution in [3.8, 4) is 0 Å². The van der Waals surface area contributed by atoms with Crippen molar-refractivity contribution in [3.05, 3.63) is 29.3 Å². The Morgan fingerprint density at radius 3 is 2.43 bits per heavy atom. The van der Waals surface area contributed by atoms with E-state index in [1.165, 1.54) is 0 Å². The molecule has 2 rings (SSSR count). The maximum atomic E-state index is 13.0. The van der Waals surface area contributed by atoms with E-state index in [0.717, 1.165) is 18.9 Å². The van der Waals surface area contributed by atoms with Gasteiger partial charge in [0.1, 0.15) is 0 Å². The van der Waals surface area contributed by atoms with E-state index in [1.54, 1.807) is 0 Å². The maximum Gasteiger partial charge on any atom is 0.430 e. The standard InChI is InChI=1S/C18H21F6NO3/c1-2-3-8-28-15(26)10-13-6-4-11-9-12(5-7-14(11)25-13)16(27,17(19,20)21)18(22,23)24/h5,7,9,13,25,27H,2-4,6,8,10H2,1H3. The second-order valence-corrected chi connectivity index (χ2v) is 6.74. The molecule has 4 nitrogen and oxygen atoms in total. The van der Waals surface area contributed by atoms with Crippen molar-refractivity contribution >= 4 is 11.7 Å². The van der Waals surface area contributed by atoms with Crippen LogP contribution in [0.25, 0.3) is 0 Å². The molecule has 1 aliphatic rings. The Hall–Kier alpha value is -1.97. The molecule has 10 heteroatoms. The van der Waals surface area contributed by atoms with E-state index in [1.807, 2.05) is 6.92 Å². The summed E-state index contributed by atoms with van der Waals surface area (Å²) in [6, 6.07) is 2.02. The number of benzene rings is 1. The Bertz CT molecular complexity index is 688. The first kappa shape index (κ1) is 22.3. The largest absolute Gasteiger partial charge is 0.466 e. The number of esters is 1. The van der Waals surface area contributed by atoms with Crippen LogP contribution < -0.4 is 5.32 Å². The van der Waals surface area contributed by atoms with Gasteiger partial charge >= 0.3 is 18.3 Å². The van der Waals surface area contributed by atoms with Gasteiger partial charge in [-0.25, -0.2) is 0 Å². The van der Waals surface area contributed by atoms with Crippen LogP contribution in [-0.2, 0) is 21.6 Å². The van der Waals surface area contributed by atoms with E-state index in [0.29, 0.717) is 30.8 Å². The van der Waals surface area contributed by atoms with Gasteiger partial charge in [-0.05, 0) is 30.9 Å². The third-order valence-electron chi connectivity index (χ3n) is 4.64. The predicted octanol–water partition coefficient (Wildman–Crippen LogP) is 4.46. The fraction of sp³-hybridized carbons (Fsp3) is 0.611. The van der Waals surface area contributed by atoms with Gasteiger partial charge in [0.25, 0.3) is 5.60 Å². The van der Waals surface area contributed by atoms with Gasteiger partial charge in [0.15, 0.2) is 0 Å². The summed E-state index contributed by atoms with van der Waals surface area (Å²) in [5, 5.41) is 12.4. The Kier molecular flexibility index (Phi) is 6.52. The zero-order valence-electron chi connectivity index (χ0n) is 15.1. The maximum absolute atomic E-state index is 13.0. The van der Waals surface area contributed by atoms with Crippen LogP contribution in [0.3, 0.4) is 0 Å². The third kappa shape index (κ3) is 4.53. The number of aryl methyl sites for hydroxylation is 1. The quantitative estimate of drug-likeness (QED) is 0.411. The number of alkyl halides is 6. The Morgan fingerprint density at radius 1 is 1.21 bits per heavy atom. The van der Waals surface area contributed by atoms with E-state index in [-0.39, 0.29) is 24.4 Å². The molecule has 1 aromatic carbocycles. The van der Waals surface area contributed by atoms with Crippen molar-refractivity contribution in [2.24, 2.45) is 0 Å². The minimum atomic E-state index is -5.92. The van der Waals surface area contributed by atoms with Crippen LogP contribution in [0, 0.1) is 0 Å². The van der Waals surface area contributed by atoms with E-state index in [4.69, 9.17) is 4.74 Å². The molecule has 28 heavy (non-hydrogen) atoms. The lowest BCUT2D eigenvalue weighted by molar-refractivity contribution is -0.376. The first-order chi connectivity index (χ1) is 12.9. The van der Waals surface area contributed by atoms with Crippen LogP contribution in [0.15, 0.2) is 18.2 Å². The summed E-state index contributed by atoms with van der Waals surface area (Å²) in [5.74, 6) is -0.422. The lowest BCUT2D eigenvalue weighted by Gasteiger charge is -2.34. The summed E-state index contributed by atoms with van der Waals surface area (Å²) >= 11 is 0. The van der Waals surface area contributed by atoms with Gasteiger partial charge in [-0.2, -0.15) is 26.3 Å². The Labute approximate surface area is 157 Å². The van der Waals surface area contributed by atoms with Crippen molar-refractivity contribution in [2.45, 2.75) is 63.0 Å². The van der Waals surface area contributed by atoms with Crippen molar-refractivity contribution < 1.29 is 41.0 Å². The molecular formula is C18H21F6NO3. The van der Waals surface area contributed by atoms with Gasteiger partial charge in [-0.15, -0.1) is 0 Å². The SMILES string of the molecule is CCCCOC(=O)CC1CCc2cc(C(O)(C(F)(F)F)C(F)(F)F)ccc2N1. The summed E-state index contributed by atoms with van der Waals surface area (Å²) in [6.45, 7) is 2.25. The molecule has 1 atom stereocenters. The topological polar surface area (TPSA) is 58.6 Å². The second-order valence-electron chi connectivity index (χ2n) is 6.74. The van der Waals surface area contributed by atoms with Crippen molar-refractivity contribution in [1.82, 2.24) is 0 Å². The zero-order chi connectivity index (χ0) is 21.2. The number of carbonyl (C=O) groups is 1. The molecule has 0 bridgehead atoms. The zero-order valence-corrected chi connectivity index (χ0v) is 15.1. The number of anilines is 1. The van der Waals surface area contributed by atoms with Gasteiger partial charge in [0.2, 0.25) is 0 Å². The lowest BCUT2D eigenvalue weighted by atomic mass is 9.87. The van der Waals surface area contributed by atoms with Crippen molar-refractivity contribution in [1.29, 1.82) is 0 Å². The first-order valence-electron chi connectivity index (χ1n) is 8.81. The number of fused-ring (bicyclic) bond motifs is 1. The summed E-state index contributed by atoms with van der Waals surface area (Å²) in [4.78, 5) is 11.8. The number of aliphatic hydroxyl groups is 1. The summed E-state index contributed by atoms with van der Waals surface area (Å²) in [7, 11) is 0. The highest BCUT2D eigenvalue weighted by Gasteiger charge is 2.71. The number of rotatable bonds is 6. The Morgan fingerprint density at radius 2 is 1.86 bits per heavy atom. The summed E-state index contributed by atoms with van der Waals surface area (Å²) < 4.78 is 83.1. The monoisotopic (exact) mass is 413 g/mol. The van der Waals surface area contributed by atoms with E-state index >= 15 is 0 Å². The fourth-order valence-corrected chi connectivity index (χ4v) is 3.02. The molecule has 1 unspecified atom stereocenters. The van der Waals surface area contributed by atoms with Crippen LogP contribution in [0.2, 0.25) is 0 Å². The van der Waals surface area contributed by atoms with E-state index in [2.05, 4.69) is 5.32 Å². The second kappa shape index (κ2) is 8.18. The number of nitrogens with one attached hydrogen (secondary N) is 1. The lowest BCUT2D eigenvalue weighted by Crippen LogP contribution is -2.54. The molecule has 1 aromatic rings. The summed E-state index contributed by atoms with van der Waals surface area (Å²) in [5.41, 5.74) is -5.70. The molecular weight excluding hydrogens is 392 g/mol. The highest BCUT2D eigenvalue weighted by Crippen LogP contribution is 2.50. The molecule has 1 aliphatic heterocycles. The number of carbonyl (C=O) groups excluding carboxylic acids is 1. The molecule has 0 aromatic heterocycles. The minimum absolute atomic E-state index is 0.0416. The van der Waals surface area contributed by atoms with E-state index in [9.17, 15) is 36.2 Å². The third-order valence-corrected chi connectivity index (χ3v) is 4.64. The van der Waals surface area contributed by atoms with Crippen LogP contribution in [-0.4, -0.2) is 36.1 Å². The molecule has 0 fully saturated rings. The van der Waals surface area contributed by atoms with Gasteiger partial charge < -0.3 is 15.2 Å². The number of ether oxygens (including phenoxy) is 1. The van der Waals surface area contributed by atoms with Gasteiger partial charge in [0.05, 0.1) is 13.0 Å². The van der Waals surface area contributed by atoms with Gasteiger partial charge in [-0.3, -0.25) is 4.79 Å². The van der Waals surface area contributed by atoms with Crippen LogP contribution >= 0.6 is 0 Å². The summed E-state index contributed by atoms with van der Waals surface area (Å²) in [6.07, 6.45) is -9.72. The molecule has 0 amide bonds. The highest BCUT2D eigenvalue weighted by molar-refractivity contribution is 5.71. The normalized spacial score (nSPS) is 17.6. The smallest absolute Gasteiger partial charge is 0.430 e. The molecule has 1 heterocycles. The van der Waals surface area contributed by atoms with Crippen LogP contribution in [0.1, 0.15) is 43.7 Å². The highest BCUT2D eigenvalue weighted by atomic mass is 19.4. The van der Waals surface area contributed by atoms with Crippen LogP contribution in [0.4, 0.5) is 32.0 Å². The average molecular weight is 413 g/mol. The average Bonchev–Trinajstić information content (AvgIpc) is 2.58. The molecule has 0 saturated carbocycles. The Balaban J connectivity index is 2.16. The van der Waals surface area contributed by atoms with Crippen molar-refractivity contribution in [2.75, 3.05) is 11.9 Å². The number of hydrogen-bond acceptors (Lipinski definition) is 4. The van der Waals surface area contributed by atoms with Gasteiger partial charge in [-0.1, -0.05) is 25.5 Å². The molecule has 158 valence electrons. The molecule has 2 N–H and O–H groups in total. The molecule has 0 saturated heterocycles. The number of halogens is 6. The number of unbranched alkanes of at least 4 members (excludes halogenated alkanes) is 1. The minimum Gasteiger partial charge on any atom is -0.466 e. The molecule has 0 radical (unpaired) electrons.